The molecule has 0 radical (unpaired) electrons. The molecule has 0 aromatic carbocycles. The predicted octanol–water partition coefficient (Wildman–Crippen LogP) is 1.74. The lowest BCUT2D eigenvalue weighted by molar-refractivity contribution is -0.148. The normalized spacial score (nSPS) is 41.0. The maximum atomic E-state index is 10.7. The zero-order valence-corrected chi connectivity index (χ0v) is 6.88. The van der Waals surface area contributed by atoms with Crippen LogP contribution in [0.25, 0.3) is 0 Å². The highest BCUT2D eigenvalue weighted by Gasteiger charge is 2.41. The van der Waals surface area contributed by atoms with Gasteiger partial charge in [-0.15, -0.1) is 0 Å². The summed E-state index contributed by atoms with van der Waals surface area (Å²) in [5.74, 6) is 1.45. The molecular weight excluding hydrogens is 140 g/mol. The van der Waals surface area contributed by atoms with E-state index in [2.05, 4.69) is 0 Å². The van der Waals surface area contributed by atoms with E-state index in [9.17, 15) is 4.79 Å². The lowest BCUT2D eigenvalue weighted by atomic mass is 9.98. The standard InChI is InChI=1S/C9H14O2/c1-6(10)11-9-5-7-2-3-8(9)4-7/h7-9H,2-5H2,1H3/t7-,8+,9+/m0/s1. The molecule has 3 atom stereocenters. The Hall–Kier alpha value is -0.530. The van der Waals surface area contributed by atoms with Gasteiger partial charge in [0.15, 0.2) is 0 Å². The van der Waals surface area contributed by atoms with Crippen LogP contribution in [-0.2, 0) is 9.53 Å². The fraction of sp³-hybridized carbons (Fsp3) is 0.889. The van der Waals surface area contributed by atoms with E-state index in [0.29, 0.717) is 5.92 Å². The SMILES string of the molecule is CC(=O)O[C@@H]1C[C@H]2CC[C@@H]1C2. The van der Waals surface area contributed by atoms with Gasteiger partial charge in [0, 0.05) is 6.92 Å². The Morgan fingerprint density at radius 3 is 2.64 bits per heavy atom. The third-order valence-corrected chi connectivity index (χ3v) is 2.99. The van der Waals surface area contributed by atoms with Crippen molar-refractivity contribution >= 4 is 5.97 Å². The molecule has 0 amide bonds. The molecule has 0 spiro atoms. The maximum absolute atomic E-state index is 10.7. The highest BCUT2D eigenvalue weighted by Crippen LogP contribution is 2.45. The molecule has 2 aliphatic rings. The van der Waals surface area contributed by atoms with Gasteiger partial charge in [-0.2, -0.15) is 0 Å². The van der Waals surface area contributed by atoms with Crippen molar-refractivity contribution in [3.63, 3.8) is 0 Å². The van der Waals surface area contributed by atoms with Crippen LogP contribution >= 0.6 is 0 Å². The van der Waals surface area contributed by atoms with E-state index in [1.807, 2.05) is 0 Å². The highest BCUT2D eigenvalue weighted by molar-refractivity contribution is 5.66. The minimum Gasteiger partial charge on any atom is -0.462 e. The lowest BCUT2D eigenvalue weighted by Crippen LogP contribution is -2.22. The Bertz CT molecular complexity index is 176. The molecule has 0 N–H and O–H groups in total. The lowest BCUT2D eigenvalue weighted by Gasteiger charge is -2.20. The van der Waals surface area contributed by atoms with Crippen molar-refractivity contribution in [2.24, 2.45) is 11.8 Å². The summed E-state index contributed by atoms with van der Waals surface area (Å²) in [4.78, 5) is 10.7. The molecule has 2 saturated carbocycles. The van der Waals surface area contributed by atoms with E-state index >= 15 is 0 Å². The second-order valence-corrected chi connectivity index (χ2v) is 3.82. The van der Waals surface area contributed by atoms with Crippen molar-refractivity contribution < 1.29 is 9.53 Å². The van der Waals surface area contributed by atoms with Crippen LogP contribution in [0.5, 0.6) is 0 Å². The van der Waals surface area contributed by atoms with Crippen molar-refractivity contribution in [2.45, 2.75) is 38.7 Å². The molecule has 2 aliphatic carbocycles. The molecule has 2 heteroatoms. The summed E-state index contributed by atoms with van der Waals surface area (Å²) < 4.78 is 5.21. The second-order valence-electron chi connectivity index (χ2n) is 3.82. The third kappa shape index (κ3) is 1.26. The average Bonchev–Trinajstić information content (AvgIpc) is 2.45. The van der Waals surface area contributed by atoms with E-state index < -0.39 is 0 Å². The molecule has 62 valence electrons. The molecule has 0 aliphatic heterocycles. The largest absolute Gasteiger partial charge is 0.462 e. The number of esters is 1. The van der Waals surface area contributed by atoms with Gasteiger partial charge in [0.05, 0.1) is 0 Å². The number of hydrogen-bond donors (Lipinski definition) is 0. The van der Waals surface area contributed by atoms with Gasteiger partial charge in [0.2, 0.25) is 0 Å². The third-order valence-electron chi connectivity index (χ3n) is 2.99. The quantitative estimate of drug-likeness (QED) is 0.538. The van der Waals surface area contributed by atoms with Crippen molar-refractivity contribution in [1.82, 2.24) is 0 Å². The molecule has 0 saturated heterocycles. The van der Waals surface area contributed by atoms with Crippen LogP contribution in [0.1, 0.15) is 32.6 Å². The zero-order valence-electron chi connectivity index (χ0n) is 6.88. The Labute approximate surface area is 66.9 Å². The average molecular weight is 154 g/mol. The van der Waals surface area contributed by atoms with Crippen LogP contribution < -0.4 is 0 Å². The smallest absolute Gasteiger partial charge is 0.302 e. The molecule has 2 fully saturated rings. The van der Waals surface area contributed by atoms with Crippen LogP contribution in [0.15, 0.2) is 0 Å². The van der Waals surface area contributed by atoms with Gasteiger partial charge in [0.25, 0.3) is 0 Å². The van der Waals surface area contributed by atoms with E-state index in [-0.39, 0.29) is 12.1 Å². The Morgan fingerprint density at radius 1 is 1.36 bits per heavy atom. The monoisotopic (exact) mass is 154 g/mol. The number of carbonyl (C=O) groups is 1. The van der Waals surface area contributed by atoms with E-state index in [0.717, 1.165) is 12.3 Å². The fourth-order valence-electron chi connectivity index (χ4n) is 2.54. The minimum absolute atomic E-state index is 0.109. The first-order valence-electron chi connectivity index (χ1n) is 4.43. The summed E-state index contributed by atoms with van der Waals surface area (Å²) in [5.41, 5.74) is 0. The minimum atomic E-state index is -0.109. The fourth-order valence-corrected chi connectivity index (χ4v) is 2.54. The van der Waals surface area contributed by atoms with Crippen LogP contribution in [0, 0.1) is 11.8 Å². The number of fused-ring (bicyclic) bond motifs is 2. The Morgan fingerprint density at radius 2 is 2.18 bits per heavy atom. The summed E-state index contributed by atoms with van der Waals surface area (Å²) >= 11 is 0. The van der Waals surface area contributed by atoms with Gasteiger partial charge in [-0.3, -0.25) is 4.79 Å². The van der Waals surface area contributed by atoms with Crippen LogP contribution in [0.3, 0.4) is 0 Å². The molecule has 2 nitrogen and oxygen atoms in total. The van der Waals surface area contributed by atoms with Gasteiger partial charge in [-0.05, 0) is 37.5 Å². The van der Waals surface area contributed by atoms with Gasteiger partial charge < -0.3 is 4.74 Å². The Kier molecular flexibility index (Phi) is 1.63. The van der Waals surface area contributed by atoms with Crippen LogP contribution in [-0.4, -0.2) is 12.1 Å². The molecule has 2 bridgehead atoms. The Balaban J connectivity index is 1.92. The number of hydrogen-bond acceptors (Lipinski definition) is 2. The number of rotatable bonds is 1. The van der Waals surface area contributed by atoms with Gasteiger partial charge in [-0.25, -0.2) is 0 Å². The number of carbonyl (C=O) groups excluding carboxylic acids is 1. The summed E-state index contributed by atoms with van der Waals surface area (Å²) in [7, 11) is 0. The first-order valence-corrected chi connectivity index (χ1v) is 4.43. The van der Waals surface area contributed by atoms with Gasteiger partial charge in [0.1, 0.15) is 6.10 Å². The zero-order chi connectivity index (χ0) is 7.84. The molecule has 0 heterocycles. The molecule has 0 aromatic heterocycles. The number of ether oxygens (including phenoxy) is 1. The topological polar surface area (TPSA) is 26.3 Å². The van der Waals surface area contributed by atoms with E-state index in [1.165, 1.54) is 26.2 Å². The first kappa shape index (κ1) is 7.14. The van der Waals surface area contributed by atoms with Crippen molar-refractivity contribution in [1.29, 1.82) is 0 Å². The van der Waals surface area contributed by atoms with Crippen LogP contribution in [0.4, 0.5) is 0 Å². The van der Waals surface area contributed by atoms with Crippen molar-refractivity contribution in [3.8, 4) is 0 Å². The molecular formula is C9H14O2. The summed E-state index contributed by atoms with van der Waals surface area (Å²) in [6, 6.07) is 0. The predicted molar refractivity (Wildman–Crippen MR) is 41.0 cm³/mol. The summed E-state index contributed by atoms with van der Waals surface area (Å²) in [6.45, 7) is 1.51. The van der Waals surface area contributed by atoms with Crippen molar-refractivity contribution in [3.05, 3.63) is 0 Å². The highest BCUT2D eigenvalue weighted by atomic mass is 16.5. The van der Waals surface area contributed by atoms with Crippen LogP contribution in [0.2, 0.25) is 0 Å². The molecule has 0 unspecified atom stereocenters. The molecule has 2 rings (SSSR count). The summed E-state index contributed by atoms with van der Waals surface area (Å²) in [5, 5.41) is 0. The van der Waals surface area contributed by atoms with E-state index in [1.54, 1.807) is 0 Å². The van der Waals surface area contributed by atoms with E-state index in [4.69, 9.17) is 4.74 Å². The summed E-state index contributed by atoms with van der Waals surface area (Å²) in [6.07, 6.45) is 5.35. The maximum Gasteiger partial charge on any atom is 0.302 e. The molecule has 11 heavy (non-hydrogen) atoms. The molecule has 0 aromatic rings. The van der Waals surface area contributed by atoms with Gasteiger partial charge >= 0.3 is 5.97 Å². The van der Waals surface area contributed by atoms with Gasteiger partial charge in [-0.1, -0.05) is 0 Å². The second kappa shape index (κ2) is 2.50. The van der Waals surface area contributed by atoms with Crippen molar-refractivity contribution in [2.75, 3.05) is 0 Å². The first-order chi connectivity index (χ1) is 5.25.